The first-order valence-electron chi connectivity index (χ1n) is 8.29. The van der Waals surface area contributed by atoms with Gasteiger partial charge >= 0.3 is 6.18 Å². The van der Waals surface area contributed by atoms with Gasteiger partial charge in [-0.2, -0.15) is 17.7 Å². The fraction of sp³-hybridized carbons (Fsp3) is 0.278. The number of hydrogen-bond donors (Lipinski definition) is 0. The highest BCUT2D eigenvalue weighted by atomic mass is 35.5. The number of alkyl halides is 3. The van der Waals surface area contributed by atoms with Crippen molar-refractivity contribution in [3.8, 4) is 0 Å². The summed E-state index contributed by atoms with van der Waals surface area (Å²) in [4.78, 5) is 18.0. The average Bonchev–Trinajstić information content (AvgIpc) is 3.13. The Morgan fingerprint density at radius 1 is 1.30 bits per heavy atom. The van der Waals surface area contributed by atoms with Gasteiger partial charge < -0.3 is 0 Å². The van der Waals surface area contributed by atoms with Crippen LogP contribution in [0.15, 0.2) is 24.3 Å². The van der Waals surface area contributed by atoms with Crippen LogP contribution in [0.3, 0.4) is 0 Å². The summed E-state index contributed by atoms with van der Waals surface area (Å²) in [5.74, 6) is -0.480. The van der Waals surface area contributed by atoms with Gasteiger partial charge in [-0.15, -0.1) is 5.10 Å². The molecule has 0 saturated heterocycles. The zero-order valence-corrected chi connectivity index (χ0v) is 15.2. The Bertz CT molecular complexity index is 1090. The van der Waals surface area contributed by atoms with Crippen LogP contribution < -0.4 is 4.90 Å². The van der Waals surface area contributed by atoms with Crippen LogP contribution in [0.2, 0.25) is 5.02 Å². The van der Waals surface area contributed by atoms with Crippen LogP contribution in [0.4, 0.5) is 24.7 Å². The van der Waals surface area contributed by atoms with Gasteiger partial charge in [-0.05, 0) is 30.2 Å². The summed E-state index contributed by atoms with van der Waals surface area (Å²) in [7, 11) is 0. The van der Waals surface area contributed by atoms with Gasteiger partial charge in [-0.1, -0.05) is 30.7 Å². The number of halogens is 4. The summed E-state index contributed by atoms with van der Waals surface area (Å²) in [5, 5.41) is 4.40. The van der Waals surface area contributed by atoms with E-state index in [2.05, 4.69) is 10.1 Å². The topological polar surface area (TPSA) is 50.5 Å². The molecule has 0 unspecified atom stereocenters. The molecule has 0 radical (unpaired) electrons. The number of carbonyl (C=O) groups excluding carboxylic acids is 1. The van der Waals surface area contributed by atoms with E-state index in [1.54, 1.807) is 25.1 Å². The van der Waals surface area contributed by atoms with Gasteiger partial charge in [0.25, 0.3) is 0 Å². The second kappa shape index (κ2) is 5.95. The number of anilines is 2. The maximum atomic E-state index is 14.0. The van der Waals surface area contributed by atoms with Crippen LogP contribution in [0.25, 0.3) is 5.65 Å². The number of aryl methyl sites for hydroxylation is 2. The van der Waals surface area contributed by atoms with E-state index in [1.165, 1.54) is 13.0 Å². The van der Waals surface area contributed by atoms with Crippen molar-refractivity contribution in [2.75, 3.05) is 4.90 Å². The molecule has 2 aromatic heterocycles. The van der Waals surface area contributed by atoms with Crippen molar-refractivity contribution < 1.29 is 18.0 Å². The molecule has 1 aliphatic rings. The van der Waals surface area contributed by atoms with E-state index >= 15 is 0 Å². The lowest BCUT2D eigenvalue weighted by Gasteiger charge is -2.24. The summed E-state index contributed by atoms with van der Waals surface area (Å²) in [6.07, 6.45) is -4.26. The van der Waals surface area contributed by atoms with E-state index in [-0.39, 0.29) is 34.2 Å². The third-order valence-corrected chi connectivity index (χ3v) is 4.84. The lowest BCUT2D eigenvalue weighted by Crippen LogP contribution is -2.28. The molecular weight excluding hydrogens is 381 g/mol. The van der Waals surface area contributed by atoms with Crippen molar-refractivity contribution in [2.24, 2.45) is 0 Å². The van der Waals surface area contributed by atoms with Crippen LogP contribution in [-0.4, -0.2) is 20.5 Å². The number of para-hydroxylation sites is 1. The first kappa shape index (κ1) is 17.8. The highest BCUT2D eigenvalue weighted by Crippen LogP contribution is 2.46. The Labute approximate surface area is 157 Å². The highest BCUT2D eigenvalue weighted by Gasteiger charge is 2.43. The average molecular weight is 395 g/mol. The van der Waals surface area contributed by atoms with E-state index < -0.39 is 17.6 Å². The fourth-order valence-corrected chi connectivity index (χ4v) is 3.69. The second-order valence-electron chi connectivity index (χ2n) is 6.33. The molecule has 1 aliphatic heterocycles. The summed E-state index contributed by atoms with van der Waals surface area (Å²) < 4.78 is 42.9. The quantitative estimate of drug-likeness (QED) is 0.643. The Kier molecular flexibility index (Phi) is 3.92. The zero-order valence-electron chi connectivity index (χ0n) is 14.4. The van der Waals surface area contributed by atoms with Crippen molar-refractivity contribution in [3.63, 3.8) is 0 Å². The minimum absolute atomic E-state index is 0.0298. The number of hydrogen-bond acceptors (Lipinski definition) is 3. The lowest BCUT2D eigenvalue weighted by molar-refractivity contribution is -0.137. The smallest absolute Gasteiger partial charge is 0.274 e. The van der Waals surface area contributed by atoms with Gasteiger partial charge in [0.15, 0.2) is 17.3 Å². The van der Waals surface area contributed by atoms with Gasteiger partial charge in [0, 0.05) is 6.42 Å². The Morgan fingerprint density at radius 3 is 2.70 bits per heavy atom. The molecule has 0 aliphatic carbocycles. The normalized spacial score (nSPS) is 14.3. The highest BCUT2D eigenvalue weighted by molar-refractivity contribution is 6.35. The maximum Gasteiger partial charge on any atom is 0.420 e. The van der Waals surface area contributed by atoms with E-state index in [0.29, 0.717) is 17.8 Å². The molecule has 3 heterocycles. The number of rotatable bonds is 2. The Balaban J connectivity index is 2.13. The number of pyridine rings is 1. The Hall–Kier alpha value is -2.61. The summed E-state index contributed by atoms with van der Waals surface area (Å²) in [5.41, 5.74) is 0.124. The fourth-order valence-electron chi connectivity index (χ4n) is 3.42. The van der Waals surface area contributed by atoms with Crippen molar-refractivity contribution in [1.82, 2.24) is 14.6 Å². The number of fused-ring (bicyclic) bond motifs is 2. The van der Waals surface area contributed by atoms with Gasteiger partial charge in [0.05, 0.1) is 17.1 Å². The molecule has 0 fully saturated rings. The van der Waals surface area contributed by atoms with E-state index in [0.717, 1.165) is 9.42 Å². The van der Waals surface area contributed by atoms with Crippen molar-refractivity contribution >= 4 is 34.7 Å². The third-order valence-electron chi connectivity index (χ3n) is 4.54. The predicted molar refractivity (Wildman–Crippen MR) is 94.4 cm³/mol. The number of aromatic nitrogens is 3. The first-order valence-corrected chi connectivity index (χ1v) is 8.67. The number of amides is 1. The molecule has 5 nitrogen and oxygen atoms in total. The van der Waals surface area contributed by atoms with Crippen molar-refractivity contribution in [2.45, 2.75) is 32.9 Å². The van der Waals surface area contributed by atoms with E-state index in [4.69, 9.17) is 11.6 Å². The first-order chi connectivity index (χ1) is 12.7. The van der Waals surface area contributed by atoms with Crippen LogP contribution >= 0.6 is 11.6 Å². The maximum absolute atomic E-state index is 14.0. The number of benzene rings is 1. The Morgan fingerprint density at radius 2 is 2.04 bits per heavy atom. The molecule has 0 bridgehead atoms. The number of carbonyl (C=O) groups is 1. The SMILES string of the molecule is CCc1nc2cc(C)c(C(F)(F)F)c(N3C(=O)Cc4cccc(Cl)c43)n2n1. The van der Waals surface area contributed by atoms with Crippen LogP contribution in [-0.2, 0) is 23.8 Å². The monoisotopic (exact) mass is 394 g/mol. The molecule has 9 heteroatoms. The van der Waals surface area contributed by atoms with Gasteiger partial charge in [-0.3, -0.25) is 9.69 Å². The molecule has 0 N–H and O–H groups in total. The van der Waals surface area contributed by atoms with Crippen LogP contribution in [0.1, 0.15) is 29.4 Å². The molecule has 0 saturated carbocycles. The molecule has 140 valence electrons. The van der Waals surface area contributed by atoms with Gasteiger partial charge in [-0.25, -0.2) is 4.98 Å². The molecule has 1 aromatic carbocycles. The summed E-state index contributed by atoms with van der Waals surface area (Å²) >= 11 is 6.25. The molecule has 27 heavy (non-hydrogen) atoms. The minimum Gasteiger partial charge on any atom is -0.274 e. The van der Waals surface area contributed by atoms with Crippen LogP contribution in [0, 0.1) is 6.92 Å². The molecular formula is C18H14ClF3N4O. The zero-order chi connectivity index (χ0) is 19.5. The van der Waals surface area contributed by atoms with Gasteiger partial charge in [0.2, 0.25) is 5.91 Å². The minimum atomic E-state index is -4.68. The van der Waals surface area contributed by atoms with E-state index in [9.17, 15) is 18.0 Å². The van der Waals surface area contributed by atoms with Crippen molar-refractivity contribution in [3.05, 3.63) is 51.8 Å². The number of nitrogens with zero attached hydrogens (tertiary/aromatic N) is 4. The standard InChI is InChI=1S/C18H14ClF3N4O/c1-3-12-23-13-7-9(2)15(18(20,21)22)17(26(13)24-12)25-14(27)8-10-5-4-6-11(19)16(10)25/h4-7H,3,8H2,1-2H3. The molecule has 3 aromatic rings. The molecule has 0 atom stereocenters. The third kappa shape index (κ3) is 2.66. The van der Waals surface area contributed by atoms with Crippen molar-refractivity contribution in [1.29, 1.82) is 0 Å². The second-order valence-corrected chi connectivity index (χ2v) is 6.74. The van der Waals surface area contributed by atoms with E-state index in [1.807, 2.05) is 0 Å². The lowest BCUT2D eigenvalue weighted by atomic mass is 10.1. The largest absolute Gasteiger partial charge is 0.420 e. The summed E-state index contributed by atoms with van der Waals surface area (Å²) in [6, 6.07) is 6.22. The molecule has 1 amide bonds. The predicted octanol–water partition coefficient (Wildman–Crippen LogP) is 4.49. The molecule has 4 rings (SSSR count). The van der Waals surface area contributed by atoms with Gasteiger partial charge in [0.1, 0.15) is 5.56 Å². The molecule has 0 spiro atoms. The van der Waals surface area contributed by atoms with Crippen LogP contribution in [0.5, 0.6) is 0 Å². The summed E-state index contributed by atoms with van der Waals surface area (Å²) in [6.45, 7) is 3.15.